The van der Waals surface area contributed by atoms with Crippen LogP contribution in [0.2, 0.25) is 0 Å². The molecule has 1 unspecified atom stereocenters. The molecule has 0 saturated heterocycles. The zero-order chi connectivity index (χ0) is 16.8. The quantitative estimate of drug-likeness (QED) is 0.477. The van der Waals surface area contributed by atoms with Crippen LogP contribution in [-0.2, 0) is 4.79 Å². The minimum absolute atomic E-state index is 0.175. The Kier molecular flexibility index (Phi) is 7.04. The van der Waals surface area contributed by atoms with Crippen molar-refractivity contribution in [3.05, 3.63) is 24.3 Å². The average Bonchev–Trinajstić information content (AvgIpc) is 3.01. The molecule has 0 amide bonds. The topological polar surface area (TPSA) is 57.5 Å². The largest absolute Gasteiger partial charge is 0.396 e. The first-order chi connectivity index (χ1) is 11.1. The van der Waals surface area contributed by atoms with E-state index in [0.717, 1.165) is 32.1 Å². The van der Waals surface area contributed by atoms with Gasteiger partial charge >= 0.3 is 0 Å². The molecule has 0 bridgehead atoms. The molecule has 1 saturated carbocycles. The minimum Gasteiger partial charge on any atom is -0.396 e. The fourth-order valence-electron chi connectivity index (χ4n) is 4.39. The lowest BCUT2D eigenvalue weighted by Gasteiger charge is -2.21. The number of ketones is 1. The summed E-state index contributed by atoms with van der Waals surface area (Å²) in [6.45, 7) is 6.12. The number of hydrogen-bond donors (Lipinski definition) is 2. The van der Waals surface area contributed by atoms with Crippen LogP contribution >= 0.6 is 0 Å². The number of carbonyl (C=O) groups excluding carboxylic acids is 1. The van der Waals surface area contributed by atoms with Crippen LogP contribution in [0.25, 0.3) is 0 Å². The Bertz CT molecular complexity index is 440. The summed E-state index contributed by atoms with van der Waals surface area (Å²) in [5, 5.41) is 19.4. The normalized spacial score (nSPS) is 30.8. The lowest BCUT2D eigenvalue weighted by molar-refractivity contribution is -0.127. The lowest BCUT2D eigenvalue weighted by atomic mass is 9.83. The molecule has 23 heavy (non-hydrogen) atoms. The number of allylic oxidation sites excluding steroid dienone is 2. The van der Waals surface area contributed by atoms with Gasteiger partial charge in [0.1, 0.15) is 5.78 Å². The maximum Gasteiger partial charge on any atom is 0.138 e. The van der Waals surface area contributed by atoms with Crippen LogP contribution in [0.15, 0.2) is 24.3 Å². The zero-order valence-corrected chi connectivity index (χ0v) is 14.4. The highest BCUT2D eigenvalue weighted by Crippen LogP contribution is 2.48. The molecule has 130 valence electrons. The second-order valence-electron chi connectivity index (χ2n) is 7.49. The number of carbonyl (C=O) groups is 1. The molecule has 0 spiro atoms. The van der Waals surface area contributed by atoms with E-state index in [1.165, 1.54) is 5.57 Å². The van der Waals surface area contributed by atoms with Gasteiger partial charge in [-0.15, -0.1) is 6.58 Å². The smallest absolute Gasteiger partial charge is 0.138 e. The van der Waals surface area contributed by atoms with E-state index < -0.39 is 6.10 Å². The third-order valence-electron chi connectivity index (χ3n) is 5.68. The van der Waals surface area contributed by atoms with Crippen LogP contribution < -0.4 is 0 Å². The summed E-state index contributed by atoms with van der Waals surface area (Å²) in [5.74, 6) is 1.23. The Balaban J connectivity index is 1.81. The third-order valence-corrected chi connectivity index (χ3v) is 5.68. The van der Waals surface area contributed by atoms with Crippen molar-refractivity contribution in [1.29, 1.82) is 0 Å². The Hall–Kier alpha value is -0.930. The molecule has 5 atom stereocenters. The maximum absolute atomic E-state index is 12.6. The minimum atomic E-state index is -0.472. The van der Waals surface area contributed by atoms with Crippen LogP contribution in [0.5, 0.6) is 0 Å². The molecule has 0 radical (unpaired) electrons. The second kappa shape index (κ2) is 8.79. The van der Waals surface area contributed by atoms with Gasteiger partial charge < -0.3 is 10.2 Å². The van der Waals surface area contributed by atoms with Crippen molar-refractivity contribution in [1.82, 2.24) is 0 Å². The van der Waals surface area contributed by atoms with Crippen molar-refractivity contribution in [2.75, 3.05) is 6.61 Å². The van der Waals surface area contributed by atoms with E-state index >= 15 is 0 Å². The molecule has 0 heterocycles. The Morgan fingerprint density at radius 3 is 2.96 bits per heavy atom. The molecule has 2 N–H and O–H groups in total. The van der Waals surface area contributed by atoms with E-state index in [9.17, 15) is 9.90 Å². The first-order valence-corrected chi connectivity index (χ1v) is 9.18. The number of Topliss-reactive ketones (excluding diaryl/α,β-unsaturated/α-hetero) is 1. The average molecular weight is 320 g/mol. The summed E-state index contributed by atoms with van der Waals surface area (Å²) in [5.41, 5.74) is 1.27. The second-order valence-corrected chi connectivity index (χ2v) is 7.49. The molecule has 3 heteroatoms. The van der Waals surface area contributed by atoms with Gasteiger partial charge in [-0.3, -0.25) is 4.79 Å². The summed E-state index contributed by atoms with van der Waals surface area (Å²) in [7, 11) is 0. The molecule has 0 aromatic carbocycles. The number of unbranched alkanes of at least 4 members (excludes halogenated alkanes) is 1. The number of aliphatic hydroxyl groups is 2. The standard InChI is InChI=1S/C20H32O3/c1-3-4-5-6-14(2)7-8-18(22)20-17-12-15(9-10-21)11-16(17)13-19(20)23/h3,11,14,16-17,19-21,23H,1,4-10,12-13H2,2H3/t14?,16-,17-,19-,20+/m1/s1. The molecular weight excluding hydrogens is 288 g/mol. The van der Waals surface area contributed by atoms with Gasteiger partial charge in [-0.2, -0.15) is 0 Å². The van der Waals surface area contributed by atoms with Gasteiger partial charge in [-0.25, -0.2) is 0 Å². The predicted molar refractivity (Wildman–Crippen MR) is 92.9 cm³/mol. The van der Waals surface area contributed by atoms with Crippen LogP contribution in [0.1, 0.15) is 58.3 Å². The first kappa shape index (κ1) is 18.4. The highest BCUT2D eigenvalue weighted by molar-refractivity contribution is 5.82. The highest BCUT2D eigenvalue weighted by atomic mass is 16.3. The van der Waals surface area contributed by atoms with Crippen LogP contribution in [0.3, 0.4) is 0 Å². The van der Waals surface area contributed by atoms with E-state index in [0.29, 0.717) is 31.1 Å². The highest BCUT2D eigenvalue weighted by Gasteiger charge is 2.47. The lowest BCUT2D eigenvalue weighted by Crippen LogP contribution is -2.28. The molecule has 2 aliphatic carbocycles. The van der Waals surface area contributed by atoms with Gasteiger partial charge in [-0.05, 0) is 56.3 Å². The molecule has 1 fully saturated rings. The number of fused-ring (bicyclic) bond motifs is 1. The van der Waals surface area contributed by atoms with E-state index in [4.69, 9.17) is 5.11 Å². The van der Waals surface area contributed by atoms with Crippen LogP contribution in [0, 0.1) is 23.7 Å². The Morgan fingerprint density at radius 2 is 2.26 bits per heavy atom. The van der Waals surface area contributed by atoms with E-state index in [1.807, 2.05) is 6.08 Å². The number of aliphatic hydroxyl groups excluding tert-OH is 2. The predicted octanol–water partition coefficient (Wildman–Crippen LogP) is 3.65. The van der Waals surface area contributed by atoms with E-state index in [1.54, 1.807) is 0 Å². The Morgan fingerprint density at radius 1 is 1.48 bits per heavy atom. The van der Waals surface area contributed by atoms with Crippen LogP contribution in [0.4, 0.5) is 0 Å². The van der Waals surface area contributed by atoms with Gasteiger partial charge in [0.25, 0.3) is 0 Å². The van der Waals surface area contributed by atoms with Gasteiger partial charge in [0.2, 0.25) is 0 Å². The van der Waals surface area contributed by atoms with Crippen molar-refractivity contribution in [3.63, 3.8) is 0 Å². The van der Waals surface area contributed by atoms with Crippen molar-refractivity contribution in [2.24, 2.45) is 23.7 Å². The van der Waals surface area contributed by atoms with Crippen LogP contribution in [-0.4, -0.2) is 28.7 Å². The molecule has 2 aliphatic rings. The Labute approximate surface area is 140 Å². The number of hydrogen-bond acceptors (Lipinski definition) is 3. The summed E-state index contributed by atoms with van der Waals surface area (Å²) in [4.78, 5) is 12.6. The van der Waals surface area contributed by atoms with Gasteiger partial charge in [0.15, 0.2) is 0 Å². The van der Waals surface area contributed by atoms with Gasteiger partial charge in [-0.1, -0.05) is 31.1 Å². The first-order valence-electron chi connectivity index (χ1n) is 9.18. The fourth-order valence-corrected chi connectivity index (χ4v) is 4.39. The molecule has 3 nitrogen and oxygen atoms in total. The van der Waals surface area contributed by atoms with E-state index in [-0.39, 0.29) is 24.2 Å². The van der Waals surface area contributed by atoms with Gasteiger partial charge in [0.05, 0.1) is 6.10 Å². The van der Waals surface area contributed by atoms with Crippen molar-refractivity contribution < 1.29 is 15.0 Å². The fraction of sp³-hybridized carbons (Fsp3) is 0.750. The van der Waals surface area contributed by atoms with Gasteiger partial charge in [0, 0.05) is 18.9 Å². The van der Waals surface area contributed by atoms with Crippen molar-refractivity contribution >= 4 is 5.78 Å². The van der Waals surface area contributed by atoms with Crippen molar-refractivity contribution in [3.8, 4) is 0 Å². The van der Waals surface area contributed by atoms with Crippen molar-refractivity contribution in [2.45, 2.75) is 64.4 Å². The third kappa shape index (κ3) is 4.77. The molecule has 0 aromatic rings. The molecular formula is C20H32O3. The summed E-state index contributed by atoms with van der Waals surface area (Å²) in [6, 6.07) is 0. The van der Waals surface area contributed by atoms with E-state index in [2.05, 4.69) is 19.6 Å². The molecule has 2 rings (SSSR count). The molecule has 0 aromatic heterocycles. The summed E-state index contributed by atoms with van der Waals surface area (Å²) in [6.07, 6.45) is 10.8. The number of rotatable bonds is 10. The maximum atomic E-state index is 12.6. The zero-order valence-electron chi connectivity index (χ0n) is 14.4. The SMILES string of the molecule is C=CCCCC(C)CCC(=O)[C@@H]1[C@@H]2CC(CCO)=C[C@@H]2C[C@H]1O. The summed E-state index contributed by atoms with van der Waals surface area (Å²) < 4.78 is 0. The summed E-state index contributed by atoms with van der Waals surface area (Å²) >= 11 is 0. The molecule has 0 aliphatic heterocycles. The monoisotopic (exact) mass is 320 g/mol.